The summed E-state index contributed by atoms with van der Waals surface area (Å²) in [5.41, 5.74) is 2.99. The van der Waals surface area contributed by atoms with Crippen molar-refractivity contribution >= 4 is 34.6 Å². The van der Waals surface area contributed by atoms with E-state index in [0.29, 0.717) is 18.1 Å². The number of aliphatic imine (C=N–C) groups is 1. The summed E-state index contributed by atoms with van der Waals surface area (Å²) in [6.45, 7) is 7.36. The third-order valence-electron chi connectivity index (χ3n) is 4.09. The van der Waals surface area contributed by atoms with Gasteiger partial charge in [0.05, 0.1) is 17.2 Å². The Hall–Kier alpha value is -2.53. The van der Waals surface area contributed by atoms with Gasteiger partial charge in [-0.1, -0.05) is 36.8 Å². The van der Waals surface area contributed by atoms with E-state index in [2.05, 4.69) is 11.9 Å². The first-order valence-corrected chi connectivity index (χ1v) is 10.0. The van der Waals surface area contributed by atoms with Crippen LogP contribution in [0.5, 0.6) is 5.75 Å². The molecule has 4 nitrogen and oxygen atoms in total. The van der Waals surface area contributed by atoms with Crippen molar-refractivity contribution in [1.82, 2.24) is 4.90 Å². The third kappa shape index (κ3) is 4.80. The molecule has 0 saturated carbocycles. The summed E-state index contributed by atoms with van der Waals surface area (Å²) in [6, 6.07) is 15.8. The molecule has 0 N–H and O–H groups in total. The number of likely N-dealkylation sites (N-methyl/N-ethyl adjacent to an activating group) is 1. The second kappa shape index (κ2) is 8.91. The number of amidine groups is 1. The highest BCUT2D eigenvalue weighted by Crippen LogP contribution is 2.34. The van der Waals surface area contributed by atoms with E-state index in [1.165, 1.54) is 17.3 Å². The normalized spacial score (nSPS) is 17.1. The quantitative estimate of drug-likeness (QED) is 0.630. The average Bonchev–Trinajstić information content (AvgIpc) is 2.96. The Morgan fingerprint density at radius 3 is 2.63 bits per heavy atom. The van der Waals surface area contributed by atoms with Gasteiger partial charge in [0, 0.05) is 6.54 Å². The molecular formula is C22H24N2O2S. The van der Waals surface area contributed by atoms with Crippen LogP contribution in [0, 0.1) is 6.92 Å². The Kier molecular flexibility index (Phi) is 6.35. The third-order valence-corrected chi connectivity index (χ3v) is 5.10. The molecule has 1 heterocycles. The van der Waals surface area contributed by atoms with Gasteiger partial charge in [-0.15, -0.1) is 0 Å². The van der Waals surface area contributed by atoms with E-state index < -0.39 is 0 Å². The van der Waals surface area contributed by atoms with Crippen LogP contribution >= 0.6 is 11.8 Å². The zero-order chi connectivity index (χ0) is 19.2. The molecule has 1 saturated heterocycles. The molecule has 0 spiro atoms. The number of hydrogen-bond donors (Lipinski definition) is 0. The molecule has 1 amide bonds. The molecule has 1 fully saturated rings. The molecule has 3 rings (SSSR count). The lowest BCUT2D eigenvalue weighted by atomic mass is 10.2. The molecule has 2 aromatic carbocycles. The van der Waals surface area contributed by atoms with Crippen molar-refractivity contribution < 1.29 is 9.53 Å². The molecule has 5 heteroatoms. The number of aryl methyl sites for hydroxylation is 1. The Bertz CT molecular complexity index is 872. The van der Waals surface area contributed by atoms with Crippen LogP contribution in [0.3, 0.4) is 0 Å². The highest BCUT2D eigenvalue weighted by atomic mass is 32.2. The van der Waals surface area contributed by atoms with Crippen LogP contribution in [-0.4, -0.2) is 29.1 Å². The van der Waals surface area contributed by atoms with E-state index >= 15 is 0 Å². The smallest absolute Gasteiger partial charge is 0.266 e. The fraction of sp³-hybridized carbons (Fsp3) is 0.273. The van der Waals surface area contributed by atoms with Gasteiger partial charge in [0.1, 0.15) is 5.75 Å². The minimum absolute atomic E-state index is 0.00626. The summed E-state index contributed by atoms with van der Waals surface area (Å²) >= 11 is 1.42. The van der Waals surface area contributed by atoms with E-state index in [9.17, 15) is 4.79 Å². The molecular weight excluding hydrogens is 356 g/mol. The van der Waals surface area contributed by atoms with Crippen LogP contribution in [0.1, 0.15) is 31.4 Å². The Morgan fingerprint density at radius 1 is 1.15 bits per heavy atom. The van der Waals surface area contributed by atoms with Gasteiger partial charge in [-0.2, -0.15) is 0 Å². The van der Waals surface area contributed by atoms with Gasteiger partial charge in [0.25, 0.3) is 5.91 Å². The molecule has 0 bridgehead atoms. The van der Waals surface area contributed by atoms with Gasteiger partial charge in [0.15, 0.2) is 5.17 Å². The SMILES string of the molecule is CCCOc1cccc(/C=C2/SC(=Nc3ccc(C)cc3)N(CC)C2=O)c1. The molecule has 0 atom stereocenters. The van der Waals surface area contributed by atoms with Crippen LogP contribution < -0.4 is 4.74 Å². The lowest BCUT2D eigenvalue weighted by molar-refractivity contribution is -0.122. The second-order valence-electron chi connectivity index (χ2n) is 6.31. The largest absolute Gasteiger partial charge is 0.494 e. The first-order valence-electron chi connectivity index (χ1n) is 9.20. The van der Waals surface area contributed by atoms with Crippen LogP contribution in [0.25, 0.3) is 6.08 Å². The van der Waals surface area contributed by atoms with Gasteiger partial charge in [0.2, 0.25) is 0 Å². The van der Waals surface area contributed by atoms with Gasteiger partial charge in [-0.05, 0) is 67.9 Å². The number of thioether (sulfide) groups is 1. The fourth-order valence-electron chi connectivity index (χ4n) is 2.67. The molecule has 0 aromatic heterocycles. The van der Waals surface area contributed by atoms with Crippen LogP contribution in [0.4, 0.5) is 5.69 Å². The molecule has 1 aliphatic heterocycles. The van der Waals surface area contributed by atoms with Gasteiger partial charge in [-0.3, -0.25) is 9.69 Å². The maximum atomic E-state index is 12.8. The molecule has 0 aliphatic carbocycles. The highest BCUT2D eigenvalue weighted by molar-refractivity contribution is 8.18. The zero-order valence-corrected chi connectivity index (χ0v) is 16.8. The Morgan fingerprint density at radius 2 is 1.93 bits per heavy atom. The number of carbonyl (C=O) groups excluding carboxylic acids is 1. The van der Waals surface area contributed by atoms with Crippen LogP contribution in [0.15, 0.2) is 58.4 Å². The van der Waals surface area contributed by atoms with E-state index in [0.717, 1.165) is 28.6 Å². The highest BCUT2D eigenvalue weighted by Gasteiger charge is 2.32. The number of hydrogen-bond acceptors (Lipinski definition) is 4. The average molecular weight is 381 g/mol. The van der Waals surface area contributed by atoms with Crippen molar-refractivity contribution in [2.24, 2.45) is 4.99 Å². The van der Waals surface area contributed by atoms with Crippen molar-refractivity contribution in [3.63, 3.8) is 0 Å². The fourth-order valence-corrected chi connectivity index (χ4v) is 3.73. The molecule has 140 valence electrons. The number of carbonyl (C=O) groups is 1. The molecule has 2 aromatic rings. The first kappa shape index (κ1) is 19.2. The lowest BCUT2D eigenvalue weighted by Crippen LogP contribution is -2.28. The predicted octanol–water partition coefficient (Wildman–Crippen LogP) is 5.41. The number of nitrogens with zero attached hydrogens (tertiary/aromatic N) is 2. The minimum atomic E-state index is -0.00626. The number of rotatable bonds is 6. The minimum Gasteiger partial charge on any atom is -0.494 e. The maximum Gasteiger partial charge on any atom is 0.266 e. The Balaban J connectivity index is 1.85. The number of amides is 1. The van der Waals surface area contributed by atoms with E-state index in [1.807, 2.05) is 68.5 Å². The van der Waals surface area contributed by atoms with Crippen molar-refractivity contribution in [2.75, 3.05) is 13.2 Å². The van der Waals surface area contributed by atoms with Crippen molar-refractivity contribution in [2.45, 2.75) is 27.2 Å². The van der Waals surface area contributed by atoms with Crippen LogP contribution in [-0.2, 0) is 4.79 Å². The summed E-state index contributed by atoms with van der Waals surface area (Å²) in [5, 5.41) is 0.719. The van der Waals surface area contributed by atoms with Crippen molar-refractivity contribution in [1.29, 1.82) is 0 Å². The molecule has 27 heavy (non-hydrogen) atoms. The summed E-state index contributed by atoms with van der Waals surface area (Å²) < 4.78 is 5.68. The maximum absolute atomic E-state index is 12.8. The standard InChI is InChI=1S/C22H24N2O2S/c1-4-13-26-19-8-6-7-17(14-19)15-20-21(25)24(5-2)22(27-20)23-18-11-9-16(3)10-12-18/h6-12,14-15H,4-5,13H2,1-3H3/b20-15+,23-22?. The molecule has 0 radical (unpaired) electrons. The van der Waals surface area contributed by atoms with Gasteiger partial charge < -0.3 is 4.74 Å². The first-order chi connectivity index (χ1) is 13.1. The Labute approximate surface area is 164 Å². The van der Waals surface area contributed by atoms with Gasteiger partial charge in [-0.25, -0.2) is 4.99 Å². The van der Waals surface area contributed by atoms with E-state index in [-0.39, 0.29) is 5.91 Å². The summed E-state index contributed by atoms with van der Waals surface area (Å²) in [6.07, 6.45) is 2.87. The van der Waals surface area contributed by atoms with Crippen LogP contribution in [0.2, 0.25) is 0 Å². The van der Waals surface area contributed by atoms with E-state index in [4.69, 9.17) is 4.74 Å². The topological polar surface area (TPSA) is 41.9 Å². The number of ether oxygens (including phenoxy) is 1. The number of benzene rings is 2. The summed E-state index contributed by atoms with van der Waals surface area (Å²) in [5.74, 6) is 0.816. The second-order valence-corrected chi connectivity index (χ2v) is 7.32. The monoisotopic (exact) mass is 380 g/mol. The predicted molar refractivity (Wildman–Crippen MR) is 113 cm³/mol. The summed E-state index contributed by atoms with van der Waals surface area (Å²) in [7, 11) is 0. The zero-order valence-electron chi connectivity index (χ0n) is 15.9. The van der Waals surface area contributed by atoms with Crippen molar-refractivity contribution in [3.8, 4) is 5.75 Å². The van der Waals surface area contributed by atoms with Crippen molar-refractivity contribution in [3.05, 3.63) is 64.6 Å². The molecule has 1 aliphatic rings. The molecule has 0 unspecified atom stereocenters. The summed E-state index contributed by atoms with van der Waals surface area (Å²) in [4.78, 5) is 19.8. The van der Waals surface area contributed by atoms with Gasteiger partial charge >= 0.3 is 0 Å². The van der Waals surface area contributed by atoms with E-state index in [1.54, 1.807) is 4.90 Å². The lowest BCUT2D eigenvalue weighted by Gasteiger charge is -2.12.